The molecule has 0 aliphatic carbocycles. The van der Waals surface area contributed by atoms with Crippen molar-refractivity contribution < 1.29 is 4.42 Å². The molecule has 0 saturated carbocycles. The molecule has 0 bridgehead atoms. The SMILES string of the molecule is CCc1c(C)nn(CCNc2nc(C)nc3oc(C)nc23)c1C. The Labute approximate surface area is 135 Å². The Morgan fingerprint density at radius 2 is 1.87 bits per heavy atom. The second-order valence-corrected chi connectivity index (χ2v) is 5.66. The largest absolute Gasteiger partial charge is 0.422 e. The zero-order chi connectivity index (χ0) is 16.6. The van der Waals surface area contributed by atoms with Gasteiger partial charge in [0.15, 0.2) is 17.2 Å². The third kappa shape index (κ3) is 2.91. The molecule has 0 amide bonds. The van der Waals surface area contributed by atoms with Crippen molar-refractivity contribution in [2.45, 2.75) is 47.6 Å². The van der Waals surface area contributed by atoms with Crippen molar-refractivity contribution in [3.63, 3.8) is 0 Å². The lowest BCUT2D eigenvalue weighted by molar-refractivity contribution is 0.550. The lowest BCUT2D eigenvalue weighted by Crippen LogP contribution is -2.14. The summed E-state index contributed by atoms with van der Waals surface area (Å²) in [7, 11) is 0. The number of hydrogen-bond acceptors (Lipinski definition) is 6. The first-order valence-electron chi connectivity index (χ1n) is 7.88. The third-order valence-electron chi connectivity index (χ3n) is 3.98. The van der Waals surface area contributed by atoms with Crippen molar-refractivity contribution in [1.29, 1.82) is 0 Å². The fourth-order valence-electron chi connectivity index (χ4n) is 2.90. The molecule has 3 aromatic heterocycles. The zero-order valence-corrected chi connectivity index (χ0v) is 14.3. The monoisotopic (exact) mass is 314 g/mol. The number of hydrogen-bond donors (Lipinski definition) is 1. The summed E-state index contributed by atoms with van der Waals surface area (Å²) < 4.78 is 7.53. The van der Waals surface area contributed by atoms with Gasteiger partial charge in [-0.15, -0.1) is 0 Å². The quantitative estimate of drug-likeness (QED) is 0.780. The van der Waals surface area contributed by atoms with Crippen molar-refractivity contribution in [1.82, 2.24) is 24.7 Å². The van der Waals surface area contributed by atoms with Crippen LogP contribution in [0.1, 0.15) is 35.6 Å². The highest BCUT2D eigenvalue weighted by Crippen LogP contribution is 2.20. The highest BCUT2D eigenvalue weighted by Gasteiger charge is 2.13. The van der Waals surface area contributed by atoms with Crippen LogP contribution in [-0.2, 0) is 13.0 Å². The number of aromatic nitrogens is 5. The summed E-state index contributed by atoms with van der Waals surface area (Å²) in [6, 6.07) is 0. The number of oxazole rings is 1. The van der Waals surface area contributed by atoms with Crippen LogP contribution in [-0.4, -0.2) is 31.3 Å². The molecule has 3 rings (SSSR count). The molecule has 7 nitrogen and oxygen atoms in total. The van der Waals surface area contributed by atoms with Crippen LogP contribution in [0.2, 0.25) is 0 Å². The summed E-state index contributed by atoms with van der Waals surface area (Å²) in [5.74, 6) is 1.96. The second-order valence-electron chi connectivity index (χ2n) is 5.66. The van der Waals surface area contributed by atoms with E-state index in [4.69, 9.17) is 4.42 Å². The van der Waals surface area contributed by atoms with Gasteiger partial charge in [-0.05, 0) is 32.8 Å². The summed E-state index contributed by atoms with van der Waals surface area (Å²) in [4.78, 5) is 13.1. The first kappa shape index (κ1) is 15.5. The minimum absolute atomic E-state index is 0.525. The maximum atomic E-state index is 5.49. The number of aryl methyl sites for hydroxylation is 3. The molecular weight excluding hydrogens is 292 g/mol. The molecule has 0 unspecified atom stereocenters. The summed E-state index contributed by atoms with van der Waals surface area (Å²) in [5, 5.41) is 7.94. The maximum Gasteiger partial charge on any atom is 0.252 e. The fraction of sp³-hybridized carbons (Fsp3) is 0.500. The predicted molar refractivity (Wildman–Crippen MR) is 88.6 cm³/mol. The normalized spacial score (nSPS) is 11.3. The molecule has 0 spiro atoms. The molecule has 3 heterocycles. The molecule has 0 aliphatic rings. The Balaban J connectivity index is 1.77. The Hall–Kier alpha value is -2.44. The number of rotatable bonds is 5. The van der Waals surface area contributed by atoms with Crippen LogP contribution in [0, 0.1) is 27.7 Å². The van der Waals surface area contributed by atoms with Crippen LogP contribution < -0.4 is 5.32 Å². The Kier molecular flexibility index (Phi) is 4.02. The topological polar surface area (TPSA) is 81.7 Å². The number of anilines is 1. The minimum Gasteiger partial charge on any atom is -0.422 e. The smallest absolute Gasteiger partial charge is 0.252 e. The molecule has 122 valence electrons. The number of nitrogens with zero attached hydrogens (tertiary/aromatic N) is 5. The van der Waals surface area contributed by atoms with Gasteiger partial charge in [0.2, 0.25) is 0 Å². The second kappa shape index (κ2) is 5.98. The molecule has 23 heavy (non-hydrogen) atoms. The highest BCUT2D eigenvalue weighted by molar-refractivity contribution is 5.81. The molecule has 3 aromatic rings. The Morgan fingerprint density at radius 1 is 1.09 bits per heavy atom. The molecule has 0 saturated heterocycles. The van der Waals surface area contributed by atoms with E-state index in [-0.39, 0.29) is 0 Å². The van der Waals surface area contributed by atoms with E-state index in [0.29, 0.717) is 35.3 Å². The van der Waals surface area contributed by atoms with Gasteiger partial charge in [0, 0.05) is 19.2 Å². The van der Waals surface area contributed by atoms with E-state index in [9.17, 15) is 0 Å². The van der Waals surface area contributed by atoms with Crippen LogP contribution in [0.25, 0.3) is 11.2 Å². The van der Waals surface area contributed by atoms with Gasteiger partial charge in [-0.1, -0.05) is 6.92 Å². The summed E-state index contributed by atoms with van der Waals surface area (Å²) in [6.07, 6.45) is 1.01. The standard InChI is InChI=1S/C16H22N6O/c1-6-13-9(2)21-22(10(13)3)8-7-17-15-14-16(19-11(4)18-15)23-12(5)20-14/h6-8H2,1-5H3,(H,17,18,19). The van der Waals surface area contributed by atoms with E-state index in [1.165, 1.54) is 11.3 Å². The van der Waals surface area contributed by atoms with Crippen LogP contribution in [0.5, 0.6) is 0 Å². The van der Waals surface area contributed by atoms with Gasteiger partial charge in [-0.3, -0.25) is 4.68 Å². The Morgan fingerprint density at radius 3 is 2.57 bits per heavy atom. The van der Waals surface area contributed by atoms with Gasteiger partial charge in [-0.2, -0.15) is 10.1 Å². The van der Waals surface area contributed by atoms with Crippen molar-refractivity contribution >= 4 is 17.0 Å². The fourth-order valence-corrected chi connectivity index (χ4v) is 2.90. The van der Waals surface area contributed by atoms with Crippen molar-refractivity contribution in [2.75, 3.05) is 11.9 Å². The average molecular weight is 314 g/mol. The predicted octanol–water partition coefficient (Wildman–Crippen LogP) is 2.72. The van der Waals surface area contributed by atoms with Gasteiger partial charge < -0.3 is 9.73 Å². The molecule has 0 fully saturated rings. The van der Waals surface area contributed by atoms with E-state index in [1.807, 2.05) is 18.5 Å². The van der Waals surface area contributed by atoms with Crippen LogP contribution >= 0.6 is 0 Å². The van der Waals surface area contributed by atoms with Gasteiger partial charge in [0.05, 0.1) is 12.2 Å². The summed E-state index contributed by atoms with van der Waals surface area (Å²) >= 11 is 0. The van der Waals surface area contributed by atoms with E-state index in [1.54, 1.807) is 0 Å². The van der Waals surface area contributed by atoms with Gasteiger partial charge in [0.1, 0.15) is 5.82 Å². The Bertz CT molecular complexity index is 848. The van der Waals surface area contributed by atoms with Crippen molar-refractivity contribution in [3.05, 3.63) is 28.7 Å². The highest BCUT2D eigenvalue weighted by atomic mass is 16.4. The van der Waals surface area contributed by atoms with E-state index >= 15 is 0 Å². The van der Waals surface area contributed by atoms with E-state index < -0.39 is 0 Å². The van der Waals surface area contributed by atoms with Crippen LogP contribution in [0.4, 0.5) is 5.82 Å². The molecule has 0 atom stereocenters. The molecule has 0 aliphatic heterocycles. The summed E-state index contributed by atoms with van der Waals surface area (Å²) in [6.45, 7) is 11.5. The molecule has 0 radical (unpaired) electrons. The first-order valence-corrected chi connectivity index (χ1v) is 7.88. The van der Waals surface area contributed by atoms with Crippen molar-refractivity contribution in [3.8, 4) is 0 Å². The molecule has 7 heteroatoms. The lowest BCUT2D eigenvalue weighted by atomic mass is 10.1. The number of fused-ring (bicyclic) bond motifs is 1. The van der Waals surface area contributed by atoms with Crippen molar-refractivity contribution in [2.24, 2.45) is 0 Å². The van der Waals surface area contributed by atoms with E-state index in [2.05, 4.69) is 46.1 Å². The lowest BCUT2D eigenvalue weighted by Gasteiger charge is -2.08. The average Bonchev–Trinajstić information content (AvgIpc) is 2.98. The third-order valence-corrected chi connectivity index (χ3v) is 3.98. The van der Waals surface area contributed by atoms with Gasteiger partial charge in [0.25, 0.3) is 5.71 Å². The molecular formula is C16H22N6O. The summed E-state index contributed by atoms with van der Waals surface area (Å²) in [5.41, 5.74) is 4.87. The van der Waals surface area contributed by atoms with Crippen LogP contribution in [0.3, 0.4) is 0 Å². The molecule has 0 aromatic carbocycles. The van der Waals surface area contributed by atoms with Gasteiger partial charge >= 0.3 is 0 Å². The minimum atomic E-state index is 0.525. The van der Waals surface area contributed by atoms with Gasteiger partial charge in [-0.25, -0.2) is 9.97 Å². The maximum absolute atomic E-state index is 5.49. The molecule has 1 N–H and O–H groups in total. The van der Waals surface area contributed by atoms with E-state index in [0.717, 1.165) is 18.7 Å². The zero-order valence-electron chi connectivity index (χ0n) is 14.3. The number of nitrogens with one attached hydrogen (secondary N) is 1. The first-order chi connectivity index (χ1) is 11.0. The van der Waals surface area contributed by atoms with Crippen LogP contribution in [0.15, 0.2) is 4.42 Å².